The Labute approximate surface area is 198 Å². The Morgan fingerprint density at radius 1 is 1.21 bits per heavy atom. The predicted octanol–water partition coefficient (Wildman–Crippen LogP) is 4.02. The van der Waals surface area contributed by atoms with Crippen molar-refractivity contribution in [2.75, 3.05) is 12.4 Å². The molecule has 4 aromatic rings. The number of nitrogens with zero attached hydrogens (tertiary/aromatic N) is 3. The van der Waals surface area contributed by atoms with Gasteiger partial charge in [0.1, 0.15) is 0 Å². The van der Waals surface area contributed by atoms with Gasteiger partial charge in [-0.15, -0.1) is 0 Å². The smallest absolute Gasteiger partial charge is 0.251 e. The molecule has 1 amide bonds. The minimum atomic E-state index is -0.505. The number of pyridine rings is 1. The molecule has 3 aromatic heterocycles. The van der Waals surface area contributed by atoms with E-state index in [1.54, 1.807) is 25.4 Å². The van der Waals surface area contributed by atoms with Crippen LogP contribution in [0.15, 0.2) is 35.3 Å². The summed E-state index contributed by atoms with van der Waals surface area (Å²) in [4.78, 5) is 37.0. The highest BCUT2D eigenvalue weighted by molar-refractivity contribution is 6.09. The lowest BCUT2D eigenvalue weighted by Crippen LogP contribution is -2.18. The number of anilines is 1. The van der Waals surface area contributed by atoms with E-state index in [1.165, 1.54) is 0 Å². The van der Waals surface area contributed by atoms with Gasteiger partial charge in [-0.05, 0) is 70.0 Å². The monoisotopic (exact) mass is 458 g/mol. The molecule has 1 aromatic carbocycles. The standard InChI is InChI=1S/C26H30N6O2/c1-13(2)32-21(12-18-14(3)9-15(4)30-25(18)34)16(5)23-19(24(27)33)10-17(11-22(23)32)20-7-8-29-26(28-6)31-20/h7-11,13H,12H2,1-6H3,(H2,27,33)(H,30,34)(H,28,29,31). The molecule has 0 fully saturated rings. The highest BCUT2D eigenvalue weighted by Gasteiger charge is 2.23. The lowest BCUT2D eigenvalue weighted by molar-refractivity contribution is 0.100. The van der Waals surface area contributed by atoms with E-state index in [0.717, 1.165) is 39.0 Å². The van der Waals surface area contributed by atoms with Crippen molar-refractivity contribution in [1.82, 2.24) is 19.5 Å². The fourth-order valence-corrected chi connectivity index (χ4v) is 4.74. The average molecular weight is 459 g/mol. The van der Waals surface area contributed by atoms with Crippen LogP contribution in [-0.4, -0.2) is 32.5 Å². The van der Waals surface area contributed by atoms with E-state index in [2.05, 4.69) is 38.7 Å². The Kier molecular flexibility index (Phi) is 6.00. The van der Waals surface area contributed by atoms with Crippen LogP contribution in [0.4, 0.5) is 5.95 Å². The summed E-state index contributed by atoms with van der Waals surface area (Å²) in [5.74, 6) is -0.0157. The van der Waals surface area contributed by atoms with E-state index >= 15 is 0 Å². The second-order valence-electron chi connectivity index (χ2n) is 8.95. The van der Waals surface area contributed by atoms with Crippen molar-refractivity contribution in [3.63, 3.8) is 0 Å². The van der Waals surface area contributed by atoms with Crippen molar-refractivity contribution >= 4 is 22.8 Å². The summed E-state index contributed by atoms with van der Waals surface area (Å²) in [6.45, 7) is 10.0. The van der Waals surface area contributed by atoms with Gasteiger partial charge in [0.05, 0.1) is 11.2 Å². The van der Waals surface area contributed by atoms with Gasteiger partial charge in [-0.2, -0.15) is 0 Å². The SMILES string of the molecule is CNc1nccc(-c2cc(C(N)=O)c3c(C)c(Cc4c(C)cc(C)[nH]c4=O)n(C(C)C)c3c2)n1. The van der Waals surface area contributed by atoms with Crippen LogP contribution < -0.4 is 16.6 Å². The lowest BCUT2D eigenvalue weighted by atomic mass is 9.98. The number of fused-ring (bicyclic) bond motifs is 1. The Bertz CT molecular complexity index is 1480. The molecule has 176 valence electrons. The van der Waals surface area contributed by atoms with Crippen molar-refractivity contribution in [2.45, 2.75) is 47.1 Å². The number of carbonyl (C=O) groups excluding carboxylic acids is 1. The fraction of sp³-hybridized carbons (Fsp3) is 0.308. The van der Waals surface area contributed by atoms with Crippen LogP contribution >= 0.6 is 0 Å². The second kappa shape index (κ2) is 8.78. The number of nitrogens with one attached hydrogen (secondary N) is 2. The van der Waals surface area contributed by atoms with Crippen LogP contribution in [-0.2, 0) is 6.42 Å². The second-order valence-corrected chi connectivity index (χ2v) is 8.95. The molecule has 0 saturated heterocycles. The van der Waals surface area contributed by atoms with Gasteiger partial charge in [0, 0.05) is 59.2 Å². The number of rotatable bonds is 6. The van der Waals surface area contributed by atoms with Crippen molar-refractivity contribution < 1.29 is 4.79 Å². The normalized spacial score (nSPS) is 11.4. The summed E-state index contributed by atoms with van der Waals surface area (Å²) in [7, 11) is 1.76. The van der Waals surface area contributed by atoms with Gasteiger partial charge in [0.2, 0.25) is 11.9 Å². The molecule has 34 heavy (non-hydrogen) atoms. The predicted molar refractivity (Wildman–Crippen MR) is 135 cm³/mol. The zero-order valence-electron chi connectivity index (χ0n) is 20.4. The number of benzene rings is 1. The van der Waals surface area contributed by atoms with Crippen molar-refractivity contribution in [3.05, 3.63) is 74.5 Å². The first kappa shape index (κ1) is 23.2. The first-order valence-corrected chi connectivity index (χ1v) is 11.3. The molecule has 0 aliphatic rings. The lowest BCUT2D eigenvalue weighted by Gasteiger charge is -2.17. The van der Waals surface area contributed by atoms with E-state index < -0.39 is 5.91 Å². The van der Waals surface area contributed by atoms with Crippen molar-refractivity contribution in [3.8, 4) is 11.3 Å². The zero-order chi connectivity index (χ0) is 24.7. The van der Waals surface area contributed by atoms with E-state index in [-0.39, 0.29) is 11.6 Å². The number of aromatic nitrogens is 4. The number of aryl methyl sites for hydroxylation is 3. The Morgan fingerprint density at radius 3 is 2.56 bits per heavy atom. The van der Waals surface area contributed by atoms with Crippen LogP contribution in [0.2, 0.25) is 0 Å². The number of carbonyl (C=O) groups is 1. The molecule has 0 unspecified atom stereocenters. The van der Waals surface area contributed by atoms with Gasteiger partial charge in [0.15, 0.2) is 0 Å². The molecule has 4 N–H and O–H groups in total. The van der Waals surface area contributed by atoms with Crippen LogP contribution in [0, 0.1) is 20.8 Å². The molecule has 8 heteroatoms. The maximum atomic E-state index is 12.8. The molecular weight excluding hydrogens is 428 g/mol. The third kappa shape index (κ3) is 3.96. The molecule has 0 spiro atoms. The summed E-state index contributed by atoms with van der Waals surface area (Å²) in [5.41, 5.74) is 13.0. The quantitative estimate of drug-likeness (QED) is 0.403. The largest absolute Gasteiger partial charge is 0.366 e. The molecule has 0 bridgehead atoms. The van der Waals surface area contributed by atoms with Crippen LogP contribution in [0.25, 0.3) is 22.2 Å². The Morgan fingerprint density at radius 2 is 1.94 bits per heavy atom. The Balaban J connectivity index is 2.03. The number of amides is 1. The molecule has 0 atom stereocenters. The number of hydrogen-bond acceptors (Lipinski definition) is 5. The van der Waals surface area contributed by atoms with E-state index in [1.807, 2.05) is 32.9 Å². The van der Waals surface area contributed by atoms with Crippen LogP contribution in [0.3, 0.4) is 0 Å². The van der Waals surface area contributed by atoms with Gasteiger partial charge >= 0.3 is 0 Å². The van der Waals surface area contributed by atoms with E-state index in [9.17, 15) is 9.59 Å². The molecule has 4 rings (SSSR count). The van der Waals surface area contributed by atoms with Gasteiger partial charge in [-0.1, -0.05) is 0 Å². The molecule has 3 heterocycles. The summed E-state index contributed by atoms with van der Waals surface area (Å²) >= 11 is 0. The zero-order valence-corrected chi connectivity index (χ0v) is 20.4. The topological polar surface area (TPSA) is 119 Å². The summed E-state index contributed by atoms with van der Waals surface area (Å²) in [6.07, 6.45) is 2.12. The van der Waals surface area contributed by atoms with Gasteiger partial charge in [-0.25, -0.2) is 9.97 Å². The highest BCUT2D eigenvalue weighted by atomic mass is 16.1. The maximum Gasteiger partial charge on any atom is 0.251 e. The third-order valence-corrected chi connectivity index (χ3v) is 6.27. The van der Waals surface area contributed by atoms with Gasteiger partial charge in [0.25, 0.3) is 5.56 Å². The molecular formula is C26H30N6O2. The van der Waals surface area contributed by atoms with Crippen molar-refractivity contribution in [2.24, 2.45) is 5.73 Å². The third-order valence-electron chi connectivity index (χ3n) is 6.27. The highest BCUT2D eigenvalue weighted by Crippen LogP contribution is 2.36. The number of hydrogen-bond donors (Lipinski definition) is 3. The minimum absolute atomic E-state index is 0.0882. The fourth-order valence-electron chi connectivity index (χ4n) is 4.74. The Hall–Kier alpha value is -3.94. The molecule has 0 aliphatic heterocycles. The molecule has 8 nitrogen and oxygen atoms in total. The minimum Gasteiger partial charge on any atom is -0.366 e. The molecule has 0 aliphatic carbocycles. The first-order chi connectivity index (χ1) is 16.1. The van der Waals surface area contributed by atoms with Crippen molar-refractivity contribution in [1.29, 1.82) is 0 Å². The number of primary amides is 1. The summed E-state index contributed by atoms with van der Waals surface area (Å²) in [6, 6.07) is 7.70. The van der Waals surface area contributed by atoms with E-state index in [0.29, 0.717) is 29.2 Å². The van der Waals surface area contributed by atoms with E-state index in [4.69, 9.17) is 5.73 Å². The van der Waals surface area contributed by atoms with Crippen LogP contribution in [0.1, 0.15) is 58.3 Å². The first-order valence-electron chi connectivity index (χ1n) is 11.3. The molecule has 0 radical (unpaired) electrons. The average Bonchev–Trinajstić information content (AvgIpc) is 3.07. The summed E-state index contributed by atoms with van der Waals surface area (Å²) < 4.78 is 2.19. The number of aromatic amines is 1. The van der Waals surface area contributed by atoms with Crippen LogP contribution in [0.5, 0.6) is 0 Å². The number of nitrogens with two attached hydrogens (primary N) is 1. The summed E-state index contributed by atoms with van der Waals surface area (Å²) in [5, 5.41) is 3.75. The maximum absolute atomic E-state index is 12.8. The molecule has 0 saturated carbocycles. The number of H-pyrrole nitrogens is 1. The van der Waals surface area contributed by atoms with Gasteiger partial charge < -0.3 is 20.6 Å². The van der Waals surface area contributed by atoms with Gasteiger partial charge in [-0.3, -0.25) is 9.59 Å².